The summed E-state index contributed by atoms with van der Waals surface area (Å²) in [5.74, 6) is -1.89. The quantitative estimate of drug-likeness (QED) is 0.725. The van der Waals surface area contributed by atoms with Crippen molar-refractivity contribution >= 4 is 17.8 Å². The van der Waals surface area contributed by atoms with E-state index in [0.29, 0.717) is 5.82 Å². The van der Waals surface area contributed by atoms with Gasteiger partial charge >= 0.3 is 11.9 Å². The number of hydrogen-bond donors (Lipinski definition) is 2. The highest BCUT2D eigenvalue weighted by Gasteiger charge is 2.15. The zero-order valence-electron chi connectivity index (χ0n) is 10.0. The Balaban J connectivity index is 2.92. The van der Waals surface area contributed by atoms with Gasteiger partial charge in [0.15, 0.2) is 0 Å². The summed E-state index contributed by atoms with van der Waals surface area (Å²) in [5.41, 5.74) is 0.767. The van der Waals surface area contributed by atoms with Gasteiger partial charge in [-0.2, -0.15) is 0 Å². The third-order valence-electron chi connectivity index (χ3n) is 2.19. The number of carboxylic acid groups (broad SMARTS) is 2. The molecule has 0 aliphatic carbocycles. The molecule has 0 aromatic carbocycles. The van der Waals surface area contributed by atoms with Crippen molar-refractivity contribution in [2.75, 3.05) is 18.0 Å². The minimum absolute atomic E-state index is 0.318. The number of nitrogens with zero attached hydrogens (tertiary/aromatic N) is 3. The molecule has 0 saturated carbocycles. The van der Waals surface area contributed by atoms with E-state index in [1.807, 2.05) is 6.92 Å². The molecule has 0 aliphatic rings. The summed E-state index contributed by atoms with van der Waals surface area (Å²) in [4.78, 5) is 30.5. The molecule has 0 saturated heterocycles. The van der Waals surface area contributed by atoms with Crippen LogP contribution in [0.4, 0.5) is 5.82 Å². The Bertz CT molecular complexity index is 420. The van der Waals surface area contributed by atoms with Crippen molar-refractivity contribution in [2.24, 2.45) is 0 Å². The first-order chi connectivity index (χ1) is 8.52. The van der Waals surface area contributed by atoms with Gasteiger partial charge < -0.3 is 15.1 Å². The van der Waals surface area contributed by atoms with Gasteiger partial charge in [0, 0.05) is 11.8 Å². The SMILES string of the molecule is CCCc1cc(N(CC(=O)O)CC(=O)O)ncn1. The smallest absolute Gasteiger partial charge is 0.323 e. The minimum atomic E-state index is -1.10. The maximum Gasteiger partial charge on any atom is 0.323 e. The van der Waals surface area contributed by atoms with Crippen molar-refractivity contribution in [3.8, 4) is 0 Å². The van der Waals surface area contributed by atoms with E-state index in [-0.39, 0.29) is 0 Å². The van der Waals surface area contributed by atoms with Gasteiger partial charge in [0.2, 0.25) is 0 Å². The van der Waals surface area contributed by atoms with E-state index in [4.69, 9.17) is 10.2 Å². The lowest BCUT2D eigenvalue weighted by Crippen LogP contribution is -2.35. The monoisotopic (exact) mass is 253 g/mol. The van der Waals surface area contributed by atoms with E-state index in [1.54, 1.807) is 6.07 Å². The molecule has 1 aromatic heterocycles. The summed E-state index contributed by atoms with van der Waals surface area (Å²) in [7, 11) is 0. The van der Waals surface area contributed by atoms with Crippen molar-refractivity contribution < 1.29 is 19.8 Å². The molecule has 1 rings (SSSR count). The Morgan fingerprint density at radius 2 is 1.83 bits per heavy atom. The van der Waals surface area contributed by atoms with Gasteiger partial charge in [-0.15, -0.1) is 0 Å². The molecular formula is C11H15N3O4. The van der Waals surface area contributed by atoms with Crippen LogP contribution in [0.1, 0.15) is 19.0 Å². The fourth-order valence-electron chi connectivity index (χ4n) is 1.50. The van der Waals surface area contributed by atoms with E-state index in [0.717, 1.165) is 18.5 Å². The Labute approximate surface area is 104 Å². The molecule has 0 atom stereocenters. The van der Waals surface area contributed by atoms with Crippen LogP contribution in [0, 0.1) is 0 Å². The topological polar surface area (TPSA) is 104 Å². The van der Waals surface area contributed by atoms with Crippen LogP contribution in [0.25, 0.3) is 0 Å². The van der Waals surface area contributed by atoms with Gasteiger partial charge in [-0.25, -0.2) is 9.97 Å². The normalized spacial score (nSPS) is 10.1. The summed E-state index contributed by atoms with van der Waals surface area (Å²) in [6.07, 6.45) is 2.95. The molecule has 1 aromatic rings. The maximum atomic E-state index is 10.7. The molecule has 0 aliphatic heterocycles. The number of hydrogen-bond acceptors (Lipinski definition) is 5. The first-order valence-corrected chi connectivity index (χ1v) is 5.52. The fourth-order valence-corrected chi connectivity index (χ4v) is 1.50. The molecular weight excluding hydrogens is 238 g/mol. The lowest BCUT2D eigenvalue weighted by molar-refractivity contribution is -0.136. The molecule has 0 unspecified atom stereocenters. The van der Waals surface area contributed by atoms with E-state index in [9.17, 15) is 9.59 Å². The van der Waals surface area contributed by atoms with Crippen LogP contribution < -0.4 is 4.90 Å². The van der Waals surface area contributed by atoms with Crippen molar-refractivity contribution in [3.63, 3.8) is 0 Å². The van der Waals surface area contributed by atoms with Gasteiger partial charge in [0.05, 0.1) is 0 Å². The average Bonchev–Trinajstić information content (AvgIpc) is 2.28. The highest BCUT2D eigenvalue weighted by molar-refractivity contribution is 5.78. The van der Waals surface area contributed by atoms with E-state index in [2.05, 4.69) is 9.97 Å². The summed E-state index contributed by atoms with van der Waals surface area (Å²) in [5, 5.41) is 17.5. The highest BCUT2D eigenvalue weighted by Crippen LogP contribution is 2.11. The Morgan fingerprint density at radius 3 is 2.33 bits per heavy atom. The van der Waals surface area contributed by atoms with E-state index < -0.39 is 25.0 Å². The summed E-state index contributed by atoms with van der Waals surface area (Å²) >= 11 is 0. The summed E-state index contributed by atoms with van der Waals surface area (Å²) in [6, 6.07) is 1.62. The fraction of sp³-hybridized carbons (Fsp3) is 0.455. The second-order valence-electron chi connectivity index (χ2n) is 3.76. The lowest BCUT2D eigenvalue weighted by Gasteiger charge is -2.19. The minimum Gasteiger partial charge on any atom is -0.480 e. The molecule has 0 amide bonds. The highest BCUT2D eigenvalue weighted by atomic mass is 16.4. The van der Waals surface area contributed by atoms with Gasteiger partial charge in [0.1, 0.15) is 25.2 Å². The number of aromatic nitrogens is 2. The van der Waals surface area contributed by atoms with Crippen LogP contribution in [0.2, 0.25) is 0 Å². The Kier molecular flexibility index (Phi) is 5.04. The summed E-state index contributed by atoms with van der Waals surface area (Å²) < 4.78 is 0. The number of carboxylic acids is 2. The van der Waals surface area contributed by atoms with Crippen LogP contribution in [0.3, 0.4) is 0 Å². The largest absolute Gasteiger partial charge is 0.480 e. The molecule has 0 bridgehead atoms. The second-order valence-corrected chi connectivity index (χ2v) is 3.76. The number of carbonyl (C=O) groups is 2. The lowest BCUT2D eigenvalue weighted by atomic mass is 10.2. The molecule has 0 fully saturated rings. The van der Waals surface area contributed by atoms with Crippen molar-refractivity contribution in [1.29, 1.82) is 0 Å². The first-order valence-electron chi connectivity index (χ1n) is 5.52. The third-order valence-corrected chi connectivity index (χ3v) is 2.19. The van der Waals surface area contributed by atoms with Gasteiger partial charge in [-0.1, -0.05) is 13.3 Å². The van der Waals surface area contributed by atoms with Crippen LogP contribution in [0.15, 0.2) is 12.4 Å². The van der Waals surface area contributed by atoms with Crippen molar-refractivity contribution in [2.45, 2.75) is 19.8 Å². The summed E-state index contributed by atoms with van der Waals surface area (Å²) in [6.45, 7) is 1.18. The molecule has 2 N–H and O–H groups in total. The van der Waals surface area contributed by atoms with Crippen molar-refractivity contribution in [1.82, 2.24) is 9.97 Å². The number of aryl methyl sites for hydroxylation is 1. The van der Waals surface area contributed by atoms with E-state index in [1.165, 1.54) is 11.2 Å². The molecule has 18 heavy (non-hydrogen) atoms. The zero-order valence-corrected chi connectivity index (χ0v) is 10.0. The van der Waals surface area contributed by atoms with Gasteiger partial charge in [-0.05, 0) is 6.42 Å². The van der Waals surface area contributed by atoms with E-state index >= 15 is 0 Å². The average molecular weight is 253 g/mol. The molecule has 7 nitrogen and oxygen atoms in total. The molecule has 7 heteroatoms. The standard InChI is InChI=1S/C11H15N3O4/c1-2-3-8-4-9(13-7-12-8)14(5-10(15)16)6-11(17)18/h4,7H,2-3,5-6H2,1H3,(H,15,16)(H,17,18). The Morgan fingerprint density at radius 1 is 1.22 bits per heavy atom. The van der Waals surface area contributed by atoms with Crippen LogP contribution >= 0.6 is 0 Å². The molecule has 1 heterocycles. The first kappa shape index (κ1) is 13.9. The number of aliphatic carboxylic acids is 2. The molecule has 0 radical (unpaired) electrons. The predicted molar refractivity (Wildman–Crippen MR) is 63.5 cm³/mol. The van der Waals surface area contributed by atoms with Crippen LogP contribution in [0.5, 0.6) is 0 Å². The zero-order chi connectivity index (χ0) is 13.5. The number of anilines is 1. The predicted octanol–water partition coefficient (Wildman–Crippen LogP) is 0.405. The van der Waals surface area contributed by atoms with Crippen LogP contribution in [-0.2, 0) is 16.0 Å². The third kappa shape index (κ3) is 4.36. The van der Waals surface area contributed by atoms with Gasteiger partial charge in [0.25, 0.3) is 0 Å². The van der Waals surface area contributed by atoms with Crippen molar-refractivity contribution in [3.05, 3.63) is 18.1 Å². The number of rotatable bonds is 7. The van der Waals surface area contributed by atoms with Gasteiger partial charge in [-0.3, -0.25) is 9.59 Å². The Hall–Kier alpha value is -2.18. The molecule has 98 valence electrons. The molecule has 0 spiro atoms. The van der Waals surface area contributed by atoms with Crippen LogP contribution in [-0.4, -0.2) is 45.2 Å². The maximum absolute atomic E-state index is 10.7. The second kappa shape index (κ2) is 6.53.